The first-order valence-electron chi connectivity index (χ1n) is 10.3. The number of rotatable bonds is 4. The molecule has 0 spiro atoms. The third-order valence-corrected chi connectivity index (χ3v) is 5.76. The largest absolute Gasteiger partial charge is 0.489 e. The lowest BCUT2D eigenvalue weighted by Crippen LogP contribution is -2.42. The Balaban J connectivity index is 1.32. The minimum absolute atomic E-state index is 0.0607. The fourth-order valence-corrected chi connectivity index (χ4v) is 4.09. The van der Waals surface area contributed by atoms with E-state index in [2.05, 4.69) is 21.8 Å². The molecule has 2 aliphatic heterocycles. The minimum Gasteiger partial charge on any atom is -0.489 e. The first-order chi connectivity index (χ1) is 13.7. The van der Waals surface area contributed by atoms with Crippen LogP contribution in [-0.4, -0.2) is 52.6 Å². The lowest BCUT2D eigenvalue weighted by Gasteiger charge is -2.34. The van der Waals surface area contributed by atoms with Gasteiger partial charge in [0.15, 0.2) is 0 Å². The SMILES string of the molecule is CC1CCCCN1c1ccc(C(=O)N2CCC(Oc3cccnc3)CC2)cn1. The second-order valence-corrected chi connectivity index (χ2v) is 7.74. The Kier molecular flexibility index (Phi) is 5.74. The molecule has 1 amide bonds. The predicted octanol–water partition coefficient (Wildman–Crippen LogP) is 3.54. The lowest BCUT2D eigenvalue weighted by molar-refractivity contribution is 0.0594. The summed E-state index contributed by atoms with van der Waals surface area (Å²) < 4.78 is 5.96. The van der Waals surface area contributed by atoms with Crippen LogP contribution in [0, 0.1) is 0 Å². The van der Waals surface area contributed by atoms with Gasteiger partial charge in [-0.2, -0.15) is 0 Å². The number of ether oxygens (including phenoxy) is 1. The maximum atomic E-state index is 12.8. The van der Waals surface area contributed by atoms with Crippen LogP contribution in [0.4, 0.5) is 5.82 Å². The molecule has 0 aliphatic carbocycles. The molecule has 0 saturated carbocycles. The molecule has 1 unspecified atom stereocenters. The average Bonchev–Trinajstić information content (AvgIpc) is 2.75. The summed E-state index contributed by atoms with van der Waals surface area (Å²) in [4.78, 5) is 25.8. The Morgan fingerprint density at radius 2 is 1.93 bits per heavy atom. The molecule has 28 heavy (non-hydrogen) atoms. The number of likely N-dealkylation sites (tertiary alicyclic amines) is 1. The zero-order valence-corrected chi connectivity index (χ0v) is 16.5. The third-order valence-electron chi connectivity index (χ3n) is 5.76. The summed E-state index contributed by atoms with van der Waals surface area (Å²) in [6.45, 7) is 4.70. The maximum absolute atomic E-state index is 12.8. The van der Waals surface area contributed by atoms with Gasteiger partial charge in [-0.15, -0.1) is 0 Å². The summed E-state index contributed by atoms with van der Waals surface area (Å²) in [6, 6.07) is 8.22. The van der Waals surface area contributed by atoms with Crippen LogP contribution >= 0.6 is 0 Å². The summed E-state index contributed by atoms with van der Waals surface area (Å²) in [5.41, 5.74) is 0.667. The Morgan fingerprint density at radius 1 is 1.07 bits per heavy atom. The molecule has 0 radical (unpaired) electrons. The van der Waals surface area contributed by atoms with Gasteiger partial charge in [0.2, 0.25) is 0 Å². The average molecular weight is 380 g/mol. The number of nitrogens with zero attached hydrogens (tertiary/aromatic N) is 4. The van der Waals surface area contributed by atoms with Gasteiger partial charge >= 0.3 is 0 Å². The number of anilines is 1. The van der Waals surface area contributed by atoms with Crippen molar-refractivity contribution in [1.29, 1.82) is 0 Å². The van der Waals surface area contributed by atoms with Crippen molar-refractivity contribution in [2.45, 2.75) is 51.2 Å². The third kappa shape index (κ3) is 4.26. The molecule has 6 nitrogen and oxygen atoms in total. The minimum atomic E-state index is 0.0607. The number of hydrogen-bond donors (Lipinski definition) is 0. The summed E-state index contributed by atoms with van der Waals surface area (Å²) in [5.74, 6) is 1.83. The monoisotopic (exact) mass is 380 g/mol. The normalized spacial score (nSPS) is 20.8. The topological polar surface area (TPSA) is 58.6 Å². The standard InChI is InChI=1S/C22H28N4O2/c1-17-5-2-3-12-26(17)21-8-7-18(15-24-21)22(27)25-13-9-19(10-14-25)28-20-6-4-11-23-16-20/h4,6-8,11,15-17,19H,2-3,5,9-10,12-14H2,1H3. The van der Waals surface area contributed by atoms with E-state index in [0.717, 1.165) is 31.0 Å². The van der Waals surface area contributed by atoms with Gasteiger partial charge < -0.3 is 14.5 Å². The van der Waals surface area contributed by atoms with Gasteiger partial charge in [0.05, 0.1) is 11.8 Å². The van der Waals surface area contributed by atoms with Crippen molar-refractivity contribution in [3.8, 4) is 5.75 Å². The molecular weight excluding hydrogens is 352 g/mol. The van der Waals surface area contributed by atoms with Crippen molar-refractivity contribution >= 4 is 11.7 Å². The molecule has 0 N–H and O–H groups in total. The van der Waals surface area contributed by atoms with Crippen LogP contribution in [0.15, 0.2) is 42.9 Å². The van der Waals surface area contributed by atoms with Crippen molar-refractivity contribution in [3.05, 3.63) is 48.4 Å². The van der Waals surface area contributed by atoms with E-state index in [4.69, 9.17) is 4.74 Å². The molecule has 2 aromatic rings. The fourth-order valence-electron chi connectivity index (χ4n) is 4.09. The van der Waals surface area contributed by atoms with Crippen molar-refractivity contribution in [1.82, 2.24) is 14.9 Å². The van der Waals surface area contributed by atoms with E-state index in [9.17, 15) is 4.79 Å². The van der Waals surface area contributed by atoms with E-state index in [1.165, 1.54) is 19.3 Å². The van der Waals surface area contributed by atoms with Crippen LogP contribution in [0.5, 0.6) is 5.75 Å². The highest BCUT2D eigenvalue weighted by Gasteiger charge is 2.25. The van der Waals surface area contributed by atoms with E-state index in [1.807, 2.05) is 29.2 Å². The van der Waals surface area contributed by atoms with Gasteiger partial charge in [0.1, 0.15) is 17.7 Å². The molecule has 0 aromatic carbocycles. The molecule has 6 heteroatoms. The van der Waals surface area contributed by atoms with Gasteiger partial charge in [-0.25, -0.2) is 4.98 Å². The number of piperidine rings is 2. The highest BCUT2D eigenvalue weighted by Crippen LogP contribution is 2.24. The first-order valence-corrected chi connectivity index (χ1v) is 10.3. The zero-order chi connectivity index (χ0) is 19.3. The number of carbonyl (C=O) groups is 1. The molecule has 2 fully saturated rings. The van der Waals surface area contributed by atoms with Crippen molar-refractivity contribution < 1.29 is 9.53 Å². The molecule has 1 atom stereocenters. The number of carbonyl (C=O) groups excluding carboxylic acids is 1. The van der Waals surface area contributed by atoms with Crippen molar-refractivity contribution in [2.75, 3.05) is 24.5 Å². The maximum Gasteiger partial charge on any atom is 0.255 e. The summed E-state index contributed by atoms with van der Waals surface area (Å²) in [7, 11) is 0. The molecule has 4 heterocycles. The van der Waals surface area contributed by atoms with E-state index >= 15 is 0 Å². The van der Waals surface area contributed by atoms with Gasteiger partial charge in [-0.3, -0.25) is 9.78 Å². The molecule has 2 aromatic heterocycles. The number of hydrogen-bond acceptors (Lipinski definition) is 5. The molecule has 2 aliphatic rings. The second-order valence-electron chi connectivity index (χ2n) is 7.74. The summed E-state index contributed by atoms with van der Waals surface area (Å²) in [6.07, 6.45) is 10.7. The summed E-state index contributed by atoms with van der Waals surface area (Å²) >= 11 is 0. The fraction of sp³-hybridized carbons (Fsp3) is 0.500. The first kappa shape index (κ1) is 18.7. The van der Waals surface area contributed by atoms with Crippen LogP contribution in [-0.2, 0) is 0 Å². The molecule has 4 rings (SSSR count). The van der Waals surface area contributed by atoms with Crippen LogP contribution in [0.25, 0.3) is 0 Å². The Labute approximate surface area is 166 Å². The second kappa shape index (κ2) is 8.59. The Hall–Kier alpha value is -2.63. The van der Waals surface area contributed by atoms with Crippen molar-refractivity contribution in [2.24, 2.45) is 0 Å². The van der Waals surface area contributed by atoms with E-state index in [0.29, 0.717) is 24.7 Å². The number of aromatic nitrogens is 2. The van der Waals surface area contributed by atoms with Crippen LogP contribution in [0.1, 0.15) is 49.4 Å². The Morgan fingerprint density at radius 3 is 2.61 bits per heavy atom. The number of amides is 1. The van der Waals surface area contributed by atoms with Crippen LogP contribution in [0.2, 0.25) is 0 Å². The molecule has 148 valence electrons. The predicted molar refractivity (Wildman–Crippen MR) is 109 cm³/mol. The Bertz CT molecular complexity index is 773. The molecule has 2 saturated heterocycles. The molecular formula is C22H28N4O2. The van der Waals surface area contributed by atoms with E-state index in [1.54, 1.807) is 18.6 Å². The summed E-state index contributed by atoms with van der Waals surface area (Å²) in [5, 5.41) is 0. The van der Waals surface area contributed by atoms with Crippen molar-refractivity contribution in [3.63, 3.8) is 0 Å². The van der Waals surface area contributed by atoms with Gasteiger partial charge in [0.25, 0.3) is 5.91 Å². The number of pyridine rings is 2. The van der Waals surface area contributed by atoms with Gasteiger partial charge in [-0.05, 0) is 50.5 Å². The van der Waals surface area contributed by atoms with Gasteiger partial charge in [-0.1, -0.05) is 0 Å². The smallest absolute Gasteiger partial charge is 0.255 e. The highest BCUT2D eigenvalue weighted by atomic mass is 16.5. The van der Waals surface area contributed by atoms with Gasteiger partial charge in [0, 0.05) is 50.9 Å². The quantitative estimate of drug-likeness (QED) is 0.812. The van der Waals surface area contributed by atoms with E-state index in [-0.39, 0.29) is 12.0 Å². The van der Waals surface area contributed by atoms with Crippen LogP contribution in [0.3, 0.4) is 0 Å². The highest BCUT2D eigenvalue weighted by molar-refractivity contribution is 5.94. The lowest BCUT2D eigenvalue weighted by atomic mass is 10.0. The zero-order valence-electron chi connectivity index (χ0n) is 16.5. The molecule has 0 bridgehead atoms. The van der Waals surface area contributed by atoms with Crippen LogP contribution < -0.4 is 9.64 Å². The van der Waals surface area contributed by atoms with E-state index < -0.39 is 0 Å².